The van der Waals surface area contributed by atoms with E-state index in [9.17, 15) is 13.2 Å². The van der Waals surface area contributed by atoms with Crippen molar-refractivity contribution in [2.45, 2.75) is 44.3 Å². The van der Waals surface area contributed by atoms with E-state index in [0.29, 0.717) is 12.8 Å². The summed E-state index contributed by atoms with van der Waals surface area (Å²) in [5.41, 5.74) is 7.08. The van der Waals surface area contributed by atoms with Gasteiger partial charge < -0.3 is 5.73 Å². The van der Waals surface area contributed by atoms with Crippen molar-refractivity contribution >= 4 is 0 Å². The second kappa shape index (κ2) is 5.90. The van der Waals surface area contributed by atoms with Gasteiger partial charge in [-0.05, 0) is 43.2 Å². The molecule has 3 atom stereocenters. The van der Waals surface area contributed by atoms with Crippen LogP contribution in [0.1, 0.15) is 31.2 Å². The Morgan fingerprint density at radius 1 is 1.37 bits per heavy atom. The molecule has 0 bridgehead atoms. The maximum atomic E-state index is 12.8. The SMILES string of the molecule is NC(Cc1cccnc1)C1CCCC(C(F)(F)F)C1. The summed E-state index contributed by atoms with van der Waals surface area (Å²) in [5.74, 6) is -1.22. The first-order chi connectivity index (χ1) is 8.97. The van der Waals surface area contributed by atoms with E-state index in [2.05, 4.69) is 4.98 Å². The second-order valence-electron chi connectivity index (χ2n) is 5.39. The number of pyridine rings is 1. The van der Waals surface area contributed by atoms with Gasteiger partial charge in [0.2, 0.25) is 0 Å². The van der Waals surface area contributed by atoms with E-state index in [1.54, 1.807) is 12.4 Å². The van der Waals surface area contributed by atoms with Gasteiger partial charge in [0.1, 0.15) is 0 Å². The summed E-state index contributed by atoms with van der Waals surface area (Å²) in [6.45, 7) is 0. The van der Waals surface area contributed by atoms with E-state index in [0.717, 1.165) is 12.0 Å². The highest BCUT2D eigenvalue weighted by atomic mass is 19.4. The van der Waals surface area contributed by atoms with Crippen LogP contribution in [0.3, 0.4) is 0 Å². The molecule has 19 heavy (non-hydrogen) atoms. The minimum Gasteiger partial charge on any atom is -0.327 e. The average Bonchev–Trinajstić information content (AvgIpc) is 2.39. The zero-order valence-electron chi connectivity index (χ0n) is 10.7. The third-order valence-corrected chi connectivity index (χ3v) is 3.98. The zero-order valence-corrected chi connectivity index (χ0v) is 10.7. The van der Waals surface area contributed by atoms with Crippen molar-refractivity contribution in [2.75, 3.05) is 0 Å². The number of aromatic nitrogens is 1. The summed E-state index contributed by atoms with van der Waals surface area (Å²) >= 11 is 0. The number of halogens is 3. The maximum absolute atomic E-state index is 12.8. The molecule has 1 aliphatic carbocycles. The fourth-order valence-electron chi connectivity index (χ4n) is 2.87. The van der Waals surface area contributed by atoms with Gasteiger partial charge in [0.25, 0.3) is 0 Å². The Bertz CT molecular complexity index is 391. The Hall–Kier alpha value is -1.10. The van der Waals surface area contributed by atoms with Crippen LogP contribution in [0.15, 0.2) is 24.5 Å². The highest BCUT2D eigenvalue weighted by Gasteiger charge is 2.43. The lowest BCUT2D eigenvalue weighted by atomic mass is 9.76. The van der Waals surface area contributed by atoms with E-state index in [1.807, 2.05) is 12.1 Å². The van der Waals surface area contributed by atoms with Crippen molar-refractivity contribution in [2.24, 2.45) is 17.6 Å². The maximum Gasteiger partial charge on any atom is 0.391 e. The monoisotopic (exact) mass is 272 g/mol. The minimum absolute atomic E-state index is 0.0411. The van der Waals surface area contributed by atoms with Gasteiger partial charge in [0.05, 0.1) is 5.92 Å². The lowest BCUT2D eigenvalue weighted by Crippen LogP contribution is -2.38. The first-order valence-electron chi connectivity index (χ1n) is 6.68. The fourth-order valence-corrected chi connectivity index (χ4v) is 2.87. The third kappa shape index (κ3) is 3.93. The molecular weight excluding hydrogens is 253 g/mol. The molecule has 0 aliphatic heterocycles. The number of nitrogens with two attached hydrogens (primary N) is 1. The summed E-state index contributed by atoms with van der Waals surface area (Å²) in [6.07, 6.45) is 1.77. The van der Waals surface area contributed by atoms with Gasteiger partial charge in [-0.1, -0.05) is 12.5 Å². The third-order valence-electron chi connectivity index (χ3n) is 3.98. The Morgan fingerprint density at radius 3 is 2.79 bits per heavy atom. The molecule has 2 rings (SSSR count). The molecule has 106 valence electrons. The molecule has 1 aliphatic rings. The second-order valence-corrected chi connectivity index (χ2v) is 5.39. The average molecular weight is 272 g/mol. The van der Waals surface area contributed by atoms with Crippen molar-refractivity contribution in [1.29, 1.82) is 0 Å². The highest BCUT2D eigenvalue weighted by molar-refractivity contribution is 5.10. The Morgan fingerprint density at radius 2 is 2.16 bits per heavy atom. The van der Waals surface area contributed by atoms with Crippen LogP contribution < -0.4 is 5.73 Å². The van der Waals surface area contributed by atoms with Crippen LogP contribution in [-0.4, -0.2) is 17.2 Å². The van der Waals surface area contributed by atoms with Crippen LogP contribution >= 0.6 is 0 Å². The summed E-state index contributed by atoms with van der Waals surface area (Å²) in [4.78, 5) is 4.00. The van der Waals surface area contributed by atoms with Gasteiger partial charge in [-0.2, -0.15) is 13.2 Å². The molecule has 0 aromatic carbocycles. The van der Waals surface area contributed by atoms with Crippen molar-refractivity contribution in [3.05, 3.63) is 30.1 Å². The van der Waals surface area contributed by atoms with Gasteiger partial charge in [0, 0.05) is 18.4 Å². The molecule has 2 nitrogen and oxygen atoms in total. The smallest absolute Gasteiger partial charge is 0.327 e. The standard InChI is InChI=1S/C14H19F3N2/c15-14(16,17)12-5-1-4-11(8-12)13(18)7-10-3-2-6-19-9-10/h2-3,6,9,11-13H,1,4-5,7-8,18H2. The molecule has 1 heterocycles. The summed E-state index contributed by atoms with van der Waals surface area (Å²) in [5, 5.41) is 0. The molecule has 0 saturated heterocycles. The molecule has 2 N–H and O–H groups in total. The van der Waals surface area contributed by atoms with Crippen LogP contribution in [0.2, 0.25) is 0 Å². The number of nitrogens with zero attached hydrogens (tertiary/aromatic N) is 1. The summed E-state index contributed by atoms with van der Waals surface area (Å²) in [6, 6.07) is 3.52. The van der Waals surface area contributed by atoms with Crippen LogP contribution in [0.4, 0.5) is 13.2 Å². The molecule has 0 radical (unpaired) electrons. The van der Waals surface area contributed by atoms with Crippen molar-refractivity contribution in [3.63, 3.8) is 0 Å². The molecule has 3 unspecified atom stereocenters. The van der Waals surface area contributed by atoms with Gasteiger partial charge in [-0.25, -0.2) is 0 Å². The zero-order chi connectivity index (χ0) is 13.9. The topological polar surface area (TPSA) is 38.9 Å². The van der Waals surface area contributed by atoms with Gasteiger partial charge in [-0.3, -0.25) is 4.98 Å². The largest absolute Gasteiger partial charge is 0.391 e. The number of alkyl halides is 3. The molecular formula is C14H19F3N2. The van der Waals surface area contributed by atoms with E-state index in [4.69, 9.17) is 5.73 Å². The van der Waals surface area contributed by atoms with E-state index >= 15 is 0 Å². The normalized spacial score (nSPS) is 26.1. The van der Waals surface area contributed by atoms with E-state index in [-0.39, 0.29) is 24.8 Å². The lowest BCUT2D eigenvalue weighted by Gasteiger charge is -2.33. The highest BCUT2D eigenvalue weighted by Crippen LogP contribution is 2.40. The molecule has 0 amide bonds. The predicted octanol–water partition coefficient (Wildman–Crippen LogP) is 3.32. The van der Waals surface area contributed by atoms with Crippen molar-refractivity contribution in [1.82, 2.24) is 4.98 Å². The van der Waals surface area contributed by atoms with Crippen LogP contribution in [0.25, 0.3) is 0 Å². The first-order valence-corrected chi connectivity index (χ1v) is 6.68. The Balaban J connectivity index is 1.94. The van der Waals surface area contributed by atoms with Crippen LogP contribution in [-0.2, 0) is 6.42 Å². The summed E-state index contributed by atoms with van der Waals surface area (Å²) < 4.78 is 38.3. The molecule has 1 aromatic heterocycles. The lowest BCUT2D eigenvalue weighted by molar-refractivity contribution is -0.186. The molecule has 5 heteroatoms. The molecule has 1 saturated carbocycles. The quantitative estimate of drug-likeness (QED) is 0.916. The van der Waals surface area contributed by atoms with Crippen molar-refractivity contribution < 1.29 is 13.2 Å². The molecule has 0 spiro atoms. The number of rotatable bonds is 3. The van der Waals surface area contributed by atoms with E-state index in [1.165, 1.54) is 0 Å². The van der Waals surface area contributed by atoms with Crippen LogP contribution in [0.5, 0.6) is 0 Å². The Labute approximate surface area is 111 Å². The number of hydrogen-bond donors (Lipinski definition) is 1. The van der Waals surface area contributed by atoms with Crippen LogP contribution in [0, 0.1) is 11.8 Å². The van der Waals surface area contributed by atoms with E-state index < -0.39 is 12.1 Å². The van der Waals surface area contributed by atoms with Gasteiger partial charge in [0.15, 0.2) is 0 Å². The number of hydrogen-bond acceptors (Lipinski definition) is 2. The minimum atomic E-state index is -4.08. The first kappa shape index (κ1) is 14.3. The molecule has 1 fully saturated rings. The fraction of sp³-hybridized carbons (Fsp3) is 0.643. The predicted molar refractivity (Wildman–Crippen MR) is 67.4 cm³/mol. The molecule has 1 aromatic rings. The summed E-state index contributed by atoms with van der Waals surface area (Å²) in [7, 11) is 0. The Kier molecular flexibility index (Phi) is 4.45. The van der Waals surface area contributed by atoms with Gasteiger partial charge in [-0.15, -0.1) is 0 Å². The van der Waals surface area contributed by atoms with Crippen molar-refractivity contribution in [3.8, 4) is 0 Å². The van der Waals surface area contributed by atoms with Gasteiger partial charge >= 0.3 is 6.18 Å².